The Hall–Kier alpha value is -1.22. The molecule has 1 aromatic carbocycles. The Balaban J connectivity index is 2.99. The Bertz CT molecular complexity index is 575. The lowest BCUT2D eigenvalue weighted by atomic mass is 10.3. The van der Waals surface area contributed by atoms with Gasteiger partial charge in [-0.3, -0.25) is 10.1 Å². The quantitative estimate of drug-likeness (QED) is 0.608. The van der Waals surface area contributed by atoms with E-state index in [9.17, 15) is 23.6 Å². The first-order valence-electron chi connectivity index (χ1n) is 5.39. The zero-order valence-corrected chi connectivity index (χ0v) is 11.6. The molecule has 106 valence electrons. The molecule has 0 bridgehead atoms. The highest BCUT2D eigenvalue weighted by Gasteiger charge is 2.21. The van der Waals surface area contributed by atoms with Gasteiger partial charge in [-0.1, -0.05) is 18.5 Å². The molecule has 0 fully saturated rings. The second-order valence-electron chi connectivity index (χ2n) is 3.79. The minimum absolute atomic E-state index is 0.147. The summed E-state index contributed by atoms with van der Waals surface area (Å²) in [6.45, 7) is 1.56. The number of nitro groups is 1. The van der Waals surface area contributed by atoms with Crippen LogP contribution in [0.3, 0.4) is 0 Å². The van der Waals surface area contributed by atoms with Crippen molar-refractivity contribution >= 4 is 27.3 Å². The summed E-state index contributed by atoms with van der Waals surface area (Å²) in [6.07, 6.45) is -0.400. The van der Waals surface area contributed by atoms with Crippen LogP contribution < -0.4 is 4.72 Å². The van der Waals surface area contributed by atoms with E-state index < -0.39 is 21.1 Å². The van der Waals surface area contributed by atoms with Crippen molar-refractivity contribution in [3.63, 3.8) is 0 Å². The Labute approximate surface area is 115 Å². The summed E-state index contributed by atoms with van der Waals surface area (Å²) < 4.78 is 25.9. The summed E-state index contributed by atoms with van der Waals surface area (Å²) in [5, 5.41) is 19.6. The fourth-order valence-corrected chi connectivity index (χ4v) is 2.86. The summed E-state index contributed by atoms with van der Waals surface area (Å²) in [5.74, 6) is 0. The second-order valence-corrected chi connectivity index (χ2v) is 5.93. The first kappa shape index (κ1) is 15.8. The van der Waals surface area contributed by atoms with E-state index in [0.29, 0.717) is 6.42 Å². The van der Waals surface area contributed by atoms with Crippen LogP contribution in [-0.2, 0) is 10.0 Å². The SMILES string of the molecule is CCC(O)CNS(=O)(=O)c1ccc([N+](=O)[O-])cc1Cl. The number of halogens is 1. The van der Waals surface area contributed by atoms with Crippen LogP contribution in [0.1, 0.15) is 13.3 Å². The van der Waals surface area contributed by atoms with Crippen LogP contribution >= 0.6 is 11.6 Å². The molecule has 0 saturated carbocycles. The summed E-state index contributed by atoms with van der Waals surface area (Å²) >= 11 is 5.72. The molecule has 0 aliphatic rings. The number of nitrogens with zero attached hydrogens (tertiary/aromatic N) is 1. The van der Waals surface area contributed by atoms with Gasteiger partial charge in [0.2, 0.25) is 10.0 Å². The van der Waals surface area contributed by atoms with Gasteiger partial charge in [-0.15, -0.1) is 0 Å². The molecule has 0 heterocycles. The van der Waals surface area contributed by atoms with E-state index in [4.69, 9.17) is 11.6 Å². The molecule has 1 rings (SSSR count). The number of benzene rings is 1. The molecule has 0 saturated heterocycles. The third kappa shape index (κ3) is 4.13. The number of hydrogen-bond donors (Lipinski definition) is 2. The van der Waals surface area contributed by atoms with Gasteiger partial charge >= 0.3 is 0 Å². The molecular formula is C10H13ClN2O5S. The number of sulfonamides is 1. The molecule has 0 aliphatic carbocycles. The molecule has 9 heteroatoms. The molecule has 1 aromatic rings. The second kappa shape index (κ2) is 6.29. The molecule has 1 unspecified atom stereocenters. The highest BCUT2D eigenvalue weighted by atomic mass is 35.5. The molecule has 0 spiro atoms. The van der Waals surface area contributed by atoms with E-state index in [0.717, 1.165) is 18.2 Å². The van der Waals surface area contributed by atoms with Crippen LogP contribution in [-0.4, -0.2) is 31.1 Å². The minimum Gasteiger partial charge on any atom is -0.392 e. The summed E-state index contributed by atoms with van der Waals surface area (Å²) in [5.41, 5.74) is -0.294. The fourth-order valence-electron chi connectivity index (χ4n) is 1.25. The molecule has 0 aromatic heterocycles. The molecular weight excluding hydrogens is 296 g/mol. The van der Waals surface area contributed by atoms with Gasteiger partial charge < -0.3 is 5.11 Å². The van der Waals surface area contributed by atoms with Crippen LogP contribution in [0.2, 0.25) is 5.02 Å². The summed E-state index contributed by atoms with van der Waals surface area (Å²) in [4.78, 5) is 9.59. The third-order valence-electron chi connectivity index (χ3n) is 2.40. The molecule has 2 N–H and O–H groups in total. The number of aliphatic hydroxyl groups excluding tert-OH is 1. The average molecular weight is 309 g/mol. The maximum Gasteiger partial charge on any atom is 0.271 e. The Morgan fingerprint density at radius 2 is 2.16 bits per heavy atom. The van der Waals surface area contributed by atoms with Gasteiger partial charge in [-0.2, -0.15) is 0 Å². The van der Waals surface area contributed by atoms with Crippen molar-refractivity contribution in [2.45, 2.75) is 24.3 Å². The smallest absolute Gasteiger partial charge is 0.271 e. The Kier molecular flexibility index (Phi) is 5.24. The minimum atomic E-state index is -3.90. The van der Waals surface area contributed by atoms with E-state index in [1.807, 2.05) is 0 Å². The predicted octanol–water partition coefficient (Wildman–Crippen LogP) is 1.30. The van der Waals surface area contributed by atoms with Crippen LogP contribution in [0, 0.1) is 10.1 Å². The van der Waals surface area contributed by atoms with Crippen LogP contribution in [0.5, 0.6) is 0 Å². The normalized spacial score (nSPS) is 13.2. The molecule has 19 heavy (non-hydrogen) atoms. The van der Waals surface area contributed by atoms with Gasteiger partial charge in [0.15, 0.2) is 0 Å². The monoisotopic (exact) mass is 308 g/mol. The fraction of sp³-hybridized carbons (Fsp3) is 0.400. The third-order valence-corrected chi connectivity index (χ3v) is 4.30. The predicted molar refractivity (Wildman–Crippen MR) is 69.6 cm³/mol. The average Bonchev–Trinajstić information content (AvgIpc) is 2.35. The molecule has 0 amide bonds. The van der Waals surface area contributed by atoms with Crippen molar-refractivity contribution < 1.29 is 18.4 Å². The maximum atomic E-state index is 11.9. The van der Waals surface area contributed by atoms with Crippen LogP contribution in [0.15, 0.2) is 23.1 Å². The highest BCUT2D eigenvalue weighted by molar-refractivity contribution is 7.89. The Morgan fingerprint density at radius 1 is 1.53 bits per heavy atom. The standard InChI is InChI=1S/C10H13ClN2O5S/c1-2-8(14)6-12-19(17,18)10-4-3-7(13(15)16)5-9(10)11/h3-5,8,12,14H,2,6H2,1H3. The first-order valence-corrected chi connectivity index (χ1v) is 7.25. The number of nitrogens with one attached hydrogen (secondary N) is 1. The van der Waals surface area contributed by atoms with Crippen LogP contribution in [0.25, 0.3) is 0 Å². The number of non-ortho nitro benzene ring substituents is 1. The van der Waals surface area contributed by atoms with Crippen molar-refractivity contribution in [2.24, 2.45) is 0 Å². The number of hydrogen-bond acceptors (Lipinski definition) is 5. The van der Waals surface area contributed by atoms with Gasteiger partial charge in [-0.05, 0) is 12.5 Å². The van der Waals surface area contributed by atoms with Crippen molar-refractivity contribution in [3.05, 3.63) is 33.3 Å². The lowest BCUT2D eigenvalue weighted by Gasteiger charge is -2.11. The molecule has 7 nitrogen and oxygen atoms in total. The molecule has 0 aliphatic heterocycles. The van der Waals surface area contributed by atoms with Crippen molar-refractivity contribution in [1.29, 1.82) is 0 Å². The van der Waals surface area contributed by atoms with Crippen molar-refractivity contribution in [3.8, 4) is 0 Å². The van der Waals surface area contributed by atoms with E-state index >= 15 is 0 Å². The number of aliphatic hydroxyl groups is 1. The largest absolute Gasteiger partial charge is 0.392 e. The van der Waals surface area contributed by atoms with Gasteiger partial charge in [0, 0.05) is 18.7 Å². The van der Waals surface area contributed by atoms with Gasteiger partial charge in [-0.25, -0.2) is 13.1 Å². The lowest BCUT2D eigenvalue weighted by Crippen LogP contribution is -2.31. The highest BCUT2D eigenvalue weighted by Crippen LogP contribution is 2.25. The maximum absolute atomic E-state index is 11.9. The lowest BCUT2D eigenvalue weighted by molar-refractivity contribution is -0.384. The van der Waals surface area contributed by atoms with E-state index in [2.05, 4.69) is 4.72 Å². The van der Waals surface area contributed by atoms with E-state index in [-0.39, 0.29) is 22.2 Å². The van der Waals surface area contributed by atoms with Crippen molar-refractivity contribution in [1.82, 2.24) is 4.72 Å². The number of rotatable bonds is 6. The topological polar surface area (TPSA) is 110 Å². The van der Waals surface area contributed by atoms with E-state index in [1.54, 1.807) is 6.92 Å². The summed E-state index contributed by atoms with van der Waals surface area (Å²) in [7, 11) is -3.90. The van der Waals surface area contributed by atoms with E-state index in [1.165, 1.54) is 0 Å². The van der Waals surface area contributed by atoms with Gasteiger partial charge in [0.25, 0.3) is 5.69 Å². The zero-order valence-electron chi connectivity index (χ0n) is 10.0. The molecule has 1 atom stereocenters. The zero-order chi connectivity index (χ0) is 14.6. The Morgan fingerprint density at radius 3 is 2.63 bits per heavy atom. The summed E-state index contributed by atoms with van der Waals surface area (Å²) in [6, 6.07) is 3.07. The molecule has 0 radical (unpaired) electrons. The first-order chi connectivity index (χ1) is 8.77. The number of nitro benzene ring substituents is 1. The van der Waals surface area contributed by atoms with Gasteiger partial charge in [0.1, 0.15) is 4.90 Å². The van der Waals surface area contributed by atoms with Crippen molar-refractivity contribution in [2.75, 3.05) is 6.54 Å². The van der Waals surface area contributed by atoms with Crippen LogP contribution in [0.4, 0.5) is 5.69 Å². The van der Waals surface area contributed by atoms with Gasteiger partial charge in [0.05, 0.1) is 16.0 Å².